The molecule has 25 heavy (non-hydrogen) atoms. The highest BCUT2D eigenvalue weighted by atomic mass is 16.5. The molecule has 2 amide bonds. The van der Waals surface area contributed by atoms with E-state index in [4.69, 9.17) is 4.74 Å². The molecule has 2 aliphatic heterocycles. The number of anilines is 2. The van der Waals surface area contributed by atoms with E-state index in [1.807, 2.05) is 37.8 Å². The van der Waals surface area contributed by atoms with Crippen LogP contribution in [-0.4, -0.2) is 48.8 Å². The fraction of sp³-hybridized carbons (Fsp3) is 0.650. The van der Waals surface area contributed by atoms with Crippen LogP contribution < -0.4 is 10.2 Å². The van der Waals surface area contributed by atoms with Gasteiger partial charge in [0.25, 0.3) is 0 Å². The molecule has 1 aromatic carbocycles. The second-order valence-electron chi connectivity index (χ2n) is 8.22. The summed E-state index contributed by atoms with van der Waals surface area (Å²) >= 11 is 0. The van der Waals surface area contributed by atoms with Gasteiger partial charge in [0, 0.05) is 31.0 Å². The summed E-state index contributed by atoms with van der Waals surface area (Å²) in [6.45, 7) is 11.8. The summed E-state index contributed by atoms with van der Waals surface area (Å²) in [5.41, 5.74) is 1.75. The fourth-order valence-electron chi connectivity index (χ4n) is 3.86. The van der Waals surface area contributed by atoms with Gasteiger partial charge in [-0.3, -0.25) is 0 Å². The molecule has 0 unspecified atom stereocenters. The van der Waals surface area contributed by atoms with Crippen molar-refractivity contribution in [3.8, 4) is 0 Å². The van der Waals surface area contributed by atoms with E-state index in [9.17, 15) is 4.79 Å². The molecule has 1 N–H and O–H groups in total. The number of morpholine rings is 1. The molecule has 5 nitrogen and oxygen atoms in total. The monoisotopic (exact) mass is 345 g/mol. The molecule has 2 heterocycles. The Bertz CT molecular complexity index is 609. The second kappa shape index (κ2) is 7.24. The number of urea groups is 1. The summed E-state index contributed by atoms with van der Waals surface area (Å²) in [6.07, 6.45) is 2.52. The Hall–Kier alpha value is -1.75. The van der Waals surface area contributed by atoms with Crippen LogP contribution in [0.4, 0.5) is 16.2 Å². The average Bonchev–Trinajstić information content (AvgIpc) is 2.54. The maximum atomic E-state index is 12.7. The standard InChI is InChI=1S/C20H31N3O2/c1-15-8-10-22(11-9-15)18-7-5-6-17(12-18)21-19(24)23-13-16(2)25-20(3,4)14-23/h5-7,12,15-16H,8-11,13-14H2,1-4H3,(H,21,24)/t16-/m1/s1. The van der Waals surface area contributed by atoms with Crippen molar-refractivity contribution in [3.05, 3.63) is 24.3 Å². The number of piperidine rings is 1. The number of carbonyl (C=O) groups excluding carboxylic acids is 1. The Labute approximate surface area is 151 Å². The van der Waals surface area contributed by atoms with Crippen LogP contribution in [0.1, 0.15) is 40.5 Å². The molecule has 1 aromatic rings. The van der Waals surface area contributed by atoms with E-state index in [0.717, 1.165) is 24.7 Å². The van der Waals surface area contributed by atoms with E-state index < -0.39 is 0 Å². The summed E-state index contributed by atoms with van der Waals surface area (Å²) in [6, 6.07) is 8.15. The third-order valence-electron chi connectivity index (χ3n) is 5.10. The summed E-state index contributed by atoms with van der Waals surface area (Å²) in [5.74, 6) is 0.811. The minimum atomic E-state index is -0.304. The van der Waals surface area contributed by atoms with E-state index >= 15 is 0 Å². The van der Waals surface area contributed by atoms with Gasteiger partial charge in [-0.15, -0.1) is 0 Å². The zero-order chi connectivity index (χ0) is 18.0. The van der Waals surface area contributed by atoms with Crippen molar-refractivity contribution >= 4 is 17.4 Å². The highest BCUT2D eigenvalue weighted by Gasteiger charge is 2.33. The van der Waals surface area contributed by atoms with E-state index in [-0.39, 0.29) is 17.7 Å². The summed E-state index contributed by atoms with van der Waals surface area (Å²) in [4.78, 5) is 16.9. The van der Waals surface area contributed by atoms with Gasteiger partial charge in [-0.05, 0) is 57.7 Å². The summed E-state index contributed by atoms with van der Waals surface area (Å²) in [7, 11) is 0. The van der Waals surface area contributed by atoms with Gasteiger partial charge < -0.3 is 19.9 Å². The minimum Gasteiger partial charge on any atom is -0.371 e. The predicted molar refractivity (Wildman–Crippen MR) is 102 cm³/mol. The van der Waals surface area contributed by atoms with E-state index in [1.165, 1.54) is 18.5 Å². The first-order valence-corrected chi connectivity index (χ1v) is 9.41. The third kappa shape index (κ3) is 4.66. The summed E-state index contributed by atoms with van der Waals surface area (Å²) in [5, 5.41) is 3.06. The Morgan fingerprint density at radius 1 is 1.24 bits per heavy atom. The topological polar surface area (TPSA) is 44.8 Å². The number of rotatable bonds is 2. The van der Waals surface area contributed by atoms with Crippen LogP contribution in [0.25, 0.3) is 0 Å². The lowest BCUT2D eigenvalue weighted by Gasteiger charge is -2.41. The predicted octanol–water partition coefficient (Wildman–Crippen LogP) is 3.95. The number of nitrogens with one attached hydrogen (secondary N) is 1. The number of carbonyl (C=O) groups is 1. The lowest BCUT2D eigenvalue weighted by Crippen LogP contribution is -2.54. The Morgan fingerprint density at radius 3 is 2.64 bits per heavy atom. The van der Waals surface area contributed by atoms with Crippen molar-refractivity contribution in [2.24, 2.45) is 5.92 Å². The first kappa shape index (κ1) is 18.1. The maximum Gasteiger partial charge on any atom is 0.322 e. The van der Waals surface area contributed by atoms with Gasteiger partial charge in [0.2, 0.25) is 0 Å². The first-order chi connectivity index (χ1) is 11.8. The molecule has 0 radical (unpaired) electrons. The zero-order valence-corrected chi connectivity index (χ0v) is 15.9. The van der Waals surface area contributed by atoms with Crippen molar-refractivity contribution in [3.63, 3.8) is 0 Å². The van der Waals surface area contributed by atoms with Gasteiger partial charge in [-0.25, -0.2) is 4.79 Å². The third-order valence-corrected chi connectivity index (χ3v) is 5.10. The Balaban J connectivity index is 1.64. The minimum absolute atomic E-state index is 0.0485. The average molecular weight is 345 g/mol. The largest absolute Gasteiger partial charge is 0.371 e. The van der Waals surface area contributed by atoms with Crippen LogP contribution in [0.3, 0.4) is 0 Å². The van der Waals surface area contributed by atoms with E-state index in [0.29, 0.717) is 13.1 Å². The number of nitrogens with zero attached hydrogens (tertiary/aromatic N) is 2. The highest BCUT2D eigenvalue weighted by molar-refractivity contribution is 5.90. The zero-order valence-electron chi connectivity index (χ0n) is 15.9. The van der Waals surface area contributed by atoms with Crippen molar-refractivity contribution in [2.75, 3.05) is 36.4 Å². The van der Waals surface area contributed by atoms with Gasteiger partial charge in [-0.1, -0.05) is 13.0 Å². The summed E-state index contributed by atoms with van der Waals surface area (Å²) < 4.78 is 5.88. The molecule has 3 rings (SSSR count). The lowest BCUT2D eigenvalue weighted by atomic mass is 9.99. The van der Waals surface area contributed by atoms with Crippen molar-refractivity contribution in [2.45, 2.75) is 52.2 Å². The van der Waals surface area contributed by atoms with Gasteiger partial charge in [0.1, 0.15) is 0 Å². The fourth-order valence-corrected chi connectivity index (χ4v) is 3.86. The number of hydrogen-bond acceptors (Lipinski definition) is 3. The molecule has 2 fully saturated rings. The Morgan fingerprint density at radius 2 is 1.96 bits per heavy atom. The van der Waals surface area contributed by atoms with Gasteiger partial charge in [0.15, 0.2) is 0 Å². The molecule has 0 saturated carbocycles. The second-order valence-corrected chi connectivity index (χ2v) is 8.22. The van der Waals surface area contributed by atoms with Crippen LogP contribution in [0.2, 0.25) is 0 Å². The molecule has 0 aromatic heterocycles. The molecule has 0 bridgehead atoms. The molecule has 2 saturated heterocycles. The van der Waals surface area contributed by atoms with Crippen molar-refractivity contribution in [1.82, 2.24) is 4.90 Å². The van der Waals surface area contributed by atoms with Crippen LogP contribution in [-0.2, 0) is 4.74 Å². The van der Waals surface area contributed by atoms with Crippen LogP contribution >= 0.6 is 0 Å². The molecule has 0 aliphatic carbocycles. The molecule has 0 spiro atoms. The van der Waals surface area contributed by atoms with Gasteiger partial charge in [0.05, 0.1) is 18.2 Å². The first-order valence-electron chi connectivity index (χ1n) is 9.41. The lowest BCUT2D eigenvalue weighted by molar-refractivity contribution is -0.116. The SMILES string of the molecule is CC1CCN(c2cccc(NC(=O)N3C[C@@H](C)OC(C)(C)C3)c2)CC1. The van der Waals surface area contributed by atoms with Gasteiger partial charge >= 0.3 is 6.03 Å². The smallest absolute Gasteiger partial charge is 0.322 e. The van der Waals surface area contributed by atoms with Crippen LogP contribution in [0.5, 0.6) is 0 Å². The molecular weight excluding hydrogens is 314 g/mol. The maximum absolute atomic E-state index is 12.7. The van der Waals surface area contributed by atoms with Crippen molar-refractivity contribution < 1.29 is 9.53 Å². The Kier molecular flexibility index (Phi) is 5.23. The van der Waals surface area contributed by atoms with Crippen LogP contribution in [0, 0.1) is 5.92 Å². The molecule has 2 aliphatic rings. The molecule has 5 heteroatoms. The number of benzene rings is 1. The van der Waals surface area contributed by atoms with Crippen molar-refractivity contribution in [1.29, 1.82) is 0 Å². The number of ether oxygens (including phenoxy) is 1. The van der Waals surface area contributed by atoms with E-state index in [1.54, 1.807) is 0 Å². The molecule has 138 valence electrons. The quantitative estimate of drug-likeness (QED) is 0.882. The number of amides is 2. The molecule has 1 atom stereocenters. The van der Waals surface area contributed by atoms with Crippen LogP contribution in [0.15, 0.2) is 24.3 Å². The van der Waals surface area contributed by atoms with Gasteiger partial charge in [-0.2, -0.15) is 0 Å². The van der Waals surface area contributed by atoms with E-state index in [2.05, 4.69) is 29.3 Å². The normalized spacial score (nSPS) is 24.2. The highest BCUT2D eigenvalue weighted by Crippen LogP contribution is 2.26. The molecular formula is C20H31N3O2. The number of hydrogen-bond donors (Lipinski definition) is 1.